The number of hydrogen-bond acceptors (Lipinski definition) is 1. The Kier molecular flexibility index (Phi) is 5.02. The summed E-state index contributed by atoms with van der Waals surface area (Å²) in [6, 6.07) is 16.6. The Balaban J connectivity index is 2.29. The maximum atomic E-state index is 12.7. The Morgan fingerprint density at radius 2 is 1.41 bits per heavy atom. The summed E-state index contributed by atoms with van der Waals surface area (Å²) in [4.78, 5) is 14.6. The Labute approximate surface area is 133 Å². The van der Waals surface area contributed by atoms with Gasteiger partial charge < -0.3 is 4.90 Å². The van der Waals surface area contributed by atoms with Crippen molar-refractivity contribution in [3.05, 3.63) is 59.7 Å². The lowest BCUT2D eigenvalue weighted by Gasteiger charge is -2.30. The van der Waals surface area contributed by atoms with Crippen LogP contribution in [0.15, 0.2) is 48.5 Å². The van der Waals surface area contributed by atoms with Crippen LogP contribution in [0.3, 0.4) is 0 Å². The highest BCUT2D eigenvalue weighted by Crippen LogP contribution is 2.24. The van der Waals surface area contributed by atoms with Crippen LogP contribution in [0.5, 0.6) is 0 Å². The van der Waals surface area contributed by atoms with Crippen molar-refractivity contribution in [2.75, 3.05) is 0 Å². The molecule has 0 spiro atoms. The minimum Gasteiger partial charge on any atom is -0.334 e. The van der Waals surface area contributed by atoms with Crippen molar-refractivity contribution in [3.8, 4) is 11.1 Å². The van der Waals surface area contributed by atoms with Gasteiger partial charge >= 0.3 is 0 Å². The third kappa shape index (κ3) is 3.38. The van der Waals surface area contributed by atoms with Crippen molar-refractivity contribution < 1.29 is 4.79 Å². The van der Waals surface area contributed by atoms with Crippen LogP contribution in [0.4, 0.5) is 0 Å². The molecule has 0 N–H and O–H groups in total. The molecule has 0 aliphatic rings. The number of nitrogens with zero attached hydrogens (tertiary/aromatic N) is 1. The van der Waals surface area contributed by atoms with Gasteiger partial charge in [0.05, 0.1) is 0 Å². The largest absolute Gasteiger partial charge is 0.334 e. The fraction of sp³-hybridized carbons (Fsp3) is 0.350. The van der Waals surface area contributed by atoms with Gasteiger partial charge in [0.25, 0.3) is 5.91 Å². The summed E-state index contributed by atoms with van der Waals surface area (Å²) < 4.78 is 0. The molecule has 22 heavy (non-hydrogen) atoms. The van der Waals surface area contributed by atoms with Gasteiger partial charge in [0.2, 0.25) is 0 Å². The van der Waals surface area contributed by atoms with E-state index in [2.05, 4.69) is 46.8 Å². The van der Waals surface area contributed by atoms with E-state index in [0.29, 0.717) is 0 Å². The molecule has 2 aromatic carbocycles. The summed E-state index contributed by atoms with van der Waals surface area (Å²) in [6.45, 7) is 10.3. The van der Waals surface area contributed by atoms with Gasteiger partial charge in [-0.05, 0) is 63.4 Å². The Morgan fingerprint density at radius 3 is 1.91 bits per heavy atom. The molecule has 2 aromatic rings. The molecule has 116 valence electrons. The first-order chi connectivity index (χ1) is 10.4. The van der Waals surface area contributed by atoms with Crippen LogP contribution in [0.2, 0.25) is 0 Å². The second-order valence-corrected chi connectivity index (χ2v) is 6.29. The molecular formula is C20H25NO. The van der Waals surface area contributed by atoms with Gasteiger partial charge in [0.15, 0.2) is 0 Å². The van der Waals surface area contributed by atoms with Gasteiger partial charge in [0.1, 0.15) is 0 Å². The van der Waals surface area contributed by atoms with Crippen LogP contribution in [0.25, 0.3) is 11.1 Å². The highest BCUT2D eigenvalue weighted by Gasteiger charge is 2.21. The van der Waals surface area contributed by atoms with Gasteiger partial charge in [-0.15, -0.1) is 0 Å². The maximum absolute atomic E-state index is 12.7. The first-order valence-electron chi connectivity index (χ1n) is 7.90. The molecule has 0 aliphatic carbocycles. The van der Waals surface area contributed by atoms with E-state index in [9.17, 15) is 4.79 Å². The van der Waals surface area contributed by atoms with E-state index >= 15 is 0 Å². The summed E-state index contributed by atoms with van der Waals surface area (Å²) in [7, 11) is 0. The molecule has 0 fully saturated rings. The summed E-state index contributed by atoms with van der Waals surface area (Å²) >= 11 is 0. The minimum absolute atomic E-state index is 0.0985. The van der Waals surface area contributed by atoms with Gasteiger partial charge in [0, 0.05) is 17.6 Å². The number of carbonyl (C=O) groups excluding carboxylic acids is 1. The molecule has 2 nitrogen and oxygen atoms in total. The molecule has 0 aliphatic heterocycles. The SMILES string of the molecule is Cc1ccccc1-c1ccc(C(=O)N(C(C)C)C(C)C)cc1. The molecule has 0 bridgehead atoms. The Hall–Kier alpha value is -2.09. The summed E-state index contributed by atoms with van der Waals surface area (Å²) in [5.74, 6) is 0.0985. The number of benzene rings is 2. The fourth-order valence-corrected chi connectivity index (χ4v) is 2.90. The van der Waals surface area contributed by atoms with Crippen LogP contribution in [0, 0.1) is 6.92 Å². The predicted molar refractivity (Wildman–Crippen MR) is 93.1 cm³/mol. The summed E-state index contributed by atoms with van der Waals surface area (Å²) in [6.07, 6.45) is 0. The standard InChI is InChI=1S/C20H25NO/c1-14(2)21(15(3)4)20(22)18-12-10-17(11-13-18)19-9-7-6-8-16(19)5/h6-15H,1-5H3. The van der Waals surface area contributed by atoms with Crippen molar-refractivity contribution in [2.45, 2.75) is 46.7 Å². The zero-order chi connectivity index (χ0) is 16.3. The van der Waals surface area contributed by atoms with Crippen molar-refractivity contribution in [1.82, 2.24) is 4.90 Å². The topological polar surface area (TPSA) is 20.3 Å². The number of hydrogen-bond donors (Lipinski definition) is 0. The highest BCUT2D eigenvalue weighted by molar-refractivity contribution is 5.95. The number of amides is 1. The molecular weight excluding hydrogens is 270 g/mol. The fourth-order valence-electron chi connectivity index (χ4n) is 2.90. The van der Waals surface area contributed by atoms with E-state index in [0.717, 1.165) is 11.1 Å². The zero-order valence-corrected chi connectivity index (χ0v) is 14.1. The van der Waals surface area contributed by atoms with E-state index in [-0.39, 0.29) is 18.0 Å². The molecule has 0 saturated carbocycles. The van der Waals surface area contributed by atoms with Crippen LogP contribution >= 0.6 is 0 Å². The molecule has 1 amide bonds. The lowest BCUT2D eigenvalue weighted by molar-refractivity contribution is 0.0644. The van der Waals surface area contributed by atoms with Crippen LogP contribution < -0.4 is 0 Å². The van der Waals surface area contributed by atoms with Crippen molar-refractivity contribution in [3.63, 3.8) is 0 Å². The van der Waals surface area contributed by atoms with E-state index in [1.165, 1.54) is 11.1 Å². The molecule has 0 radical (unpaired) electrons. The predicted octanol–water partition coefficient (Wildman–Crippen LogP) is 4.92. The van der Waals surface area contributed by atoms with Gasteiger partial charge in [-0.25, -0.2) is 0 Å². The molecule has 2 rings (SSSR count). The molecule has 0 unspecified atom stereocenters. The highest BCUT2D eigenvalue weighted by atomic mass is 16.2. The molecule has 0 atom stereocenters. The van der Waals surface area contributed by atoms with E-state index < -0.39 is 0 Å². The molecule has 2 heteroatoms. The smallest absolute Gasteiger partial charge is 0.254 e. The Morgan fingerprint density at radius 1 is 0.864 bits per heavy atom. The quantitative estimate of drug-likeness (QED) is 0.784. The van der Waals surface area contributed by atoms with Gasteiger partial charge in [-0.3, -0.25) is 4.79 Å². The average Bonchev–Trinajstić information content (AvgIpc) is 2.47. The van der Waals surface area contributed by atoms with Crippen LogP contribution in [-0.4, -0.2) is 22.9 Å². The number of carbonyl (C=O) groups is 1. The minimum atomic E-state index is 0.0985. The van der Waals surface area contributed by atoms with Crippen LogP contribution in [-0.2, 0) is 0 Å². The van der Waals surface area contributed by atoms with Gasteiger partial charge in [-0.2, -0.15) is 0 Å². The lowest BCUT2D eigenvalue weighted by Crippen LogP contribution is -2.42. The van der Waals surface area contributed by atoms with Crippen molar-refractivity contribution in [1.29, 1.82) is 0 Å². The number of rotatable bonds is 4. The third-order valence-corrected chi connectivity index (χ3v) is 3.94. The average molecular weight is 295 g/mol. The molecule has 0 saturated heterocycles. The third-order valence-electron chi connectivity index (χ3n) is 3.94. The first-order valence-corrected chi connectivity index (χ1v) is 7.90. The van der Waals surface area contributed by atoms with E-state index in [1.54, 1.807) is 0 Å². The molecule has 0 aromatic heterocycles. The maximum Gasteiger partial charge on any atom is 0.254 e. The second kappa shape index (κ2) is 6.78. The Bertz CT molecular complexity index is 633. The van der Waals surface area contributed by atoms with Crippen LogP contribution in [0.1, 0.15) is 43.6 Å². The second-order valence-electron chi connectivity index (χ2n) is 6.29. The normalized spacial score (nSPS) is 11.0. The van der Waals surface area contributed by atoms with Crippen molar-refractivity contribution in [2.24, 2.45) is 0 Å². The summed E-state index contributed by atoms with van der Waals surface area (Å²) in [5.41, 5.74) is 4.36. The zero-order valence-electron chi connectivity index (χ0n) is 14.1. The first kappa shape index (κ1) is 16.3. The lowest BCUT2D eigenvalue weighted by atomic mass is 9.99. The monoisotopic (exact) mass is 295 g/mol. The molecule has 0 heterocycles. The van der Waals surface area contributed by atoms with E-state index in [4.69, 9.17) is 0 Å². The summed E-state index contributed by atoms with van der Waals surface area (Å²) in [5, 5.41) is 0. The van der Waals surface area contributed by atoms with E-state index in [1.807, 2.05) is 41.3 Å². The van der Waals surface area contributed by atoms with Gasteiger partial charge in [-0.1, -0.05) is 36.4 Å². The number of aryl methyl sites for hydroxylation is 1. The van der Waals surface area contributed by atoms with Crippen molar-refractivity contribution >= 4 is 5.91 Å².